The molecule has 2 aromatic carbocycles. The van der Waals surface area contributed by atoms with Gasteiger partial charge in [0.25, 0.3) is 0 Å². The Morgan fingerprint density at radius 3 is 2.78 bits per heavy atom. The molecule has 0 aliphatic rings. The van der Waals surface area contributed by atoms with Gasteiger partial charge >= 0.3 is 0 Å². The standard InChI is InChI=1S/C18H16N4O/c1-11-9-15(22-12-5-3-4-6-16(12)23-2)17-13(21-11)7-8-14-18(17)20-10-19-14/h3-10,21-22H,1-2H3. The Kier molecular flexibility index (Phi) is 3.12. The minimum absolute atomic E-state index is 0.798. The second-order valence-electron chi connectivity index (χ2n) is 5.42. The van der Waals surface area contributed by atoms with Gasteiger partial charge in [-0.05, 0) is 37.3 Å². The van der Waals surface area contributed by atoms with Crippen LogP contribution in [0.5, 0.6) is 5.75 Å². The van der Waals surface area contributed by atoms with E-state index >= 15 is 0 Å². The summed E-state index contributed by atoms with van der Waals surface area (Å²) in [5.74, 6) is 0.798. The fourth-order valence-corrected chi connectivity index (χ4v) is 2.87. The van der Waals surface area contributed by atoms with Crippen LogP contribution in [0, 0.1) is 6.92 Å². The van der Waals surface area contributed by atoms with Gasteiger partial charge in [0, 0.05) is 16.6 Å². The molecule has 23 heavy (non-hydrogen) atoms. The number of hydrogen-bond donors (Lipinski definition) is 2. The molecule has 0 fully saturated rings. The summed E-state index contributed by atoms with van der Waals surface area (Å²) in [6.07, 6.45) is 1.59. The number of para-hydroxylation sites is 2. The van der Waals surface area contributed by atoms with Gasteiger partial charge in [-0.2, -0.15) is 0 Å². The van der Waals surface area contributed by atoms with Crippen molar-refractivity contribution in [3.63, 3.8) is 0 Å². The van der Waals surface area contributed by atoms with Crippen molar-refractivity contribution in [2.45, 2.75) is 6.92 Å². The highest BCUT2D eigenvalue weighted by Crippen LogP contribution is 2.34. The Bertz CT molecular complexity index is 1010. The number of methoxy groups -OCH3 is 1. The van der Waals surface area contributed by atoms with Gasteiger partial charge in [0.2, 0.25) is 0 Å². The van der Waals surface area contributed by atoms with Crippen molar-refractivity contribution in [3.8, 4) is 5.75 Å². The predicted molar refractivity (Wildman–Crippen MR) is 92.4 cm³/mol. The summed E-state index contributed by atoms with van der Waals surface area (Å²) in [5.41, 5.74) is 5.75. The van der Waals surface area contributed by atoms with E-state index in [2.05, 4.69) is 26.3 Å². The number of hydrogen-bond acceptors (Lipinski definition) is 4. The van der Waals surface area contributed by atoms with Gasteiger partial charge in [0.05, 0.1) is 24.0 Å². The first-order valence-electron chi connectivity index (χ1n) is 7.39. The van der Waals surface area contributed by atoms with Crippen LogP contribution in [-0.2, 0) is 0 Å². The topological polar surface area (TPSA) is 62.8 Å². The maximum absolute atomic E-state index is 5.43. The molecule has 0 spiro atoms. The Morgan fingerprint density at radius 2 is 1.91 bits per heavy atom. The quantitative estimate of drug-likeness (QED) is 0.596. The van der Waals surface area contributed by atoms with Crippen molar-refractivity contribution >= 4 is 33.3 Å². The number of ether oxygens (including phenoxy) is 1. The first-order chi connectivity index (χ1) is 11.3. The number of pyridine rings is 1. The maximum atomic E-state index is 5.43. The summed E-state index contributed by atoms with van der Waals surface area (Å²) in [4.78, 5) is 12.1. The van der Waals surface area contributed by atoms with Crippen molar-refractivity contribution in [3.05, 3.63) is 54.5 Å². The number of aryl methyl sites for hydroxylation is 1. The van der Waals surface area contributed by atoms with E-state index in [0.717, 1.165) is 44.8 Å². The fourth-order valence-electron chi connectivity index (χ4n) is 2.87. The lowest BCUT2D eigenvalue weighted by Crippen LogP contribution is -1.97. The molecule has 0 amide bonds. The van der Waals surface area contributed by atoms with Crippen molar-refractivity contribution in [1.29, 1.82) is 0 Å². The van der Waals surface area contributed by atoms with Crippen LogP contribution < -0.4 is 10.1 Å². The Morgan fingerprint density at radius 1 is 1.04 bits per heavy atom. The highest BCUT2D eigenvalue weighted by Gasteiger charge is 2.11. The first-order valence-corrected chi connectivity index (χ1v) is 7.39. The molecule has 4 aromatic rings. The molecule has 0 saturated heterocycles. The third kappa shape index (κ3) is 2.26. The molecule has 4 rings (SSSR count). The van der Waals surface area contributed by atoms with Gasteiger partial charge in [-0.1, -0.05) is 12.1 Å². The van der Waals surface area contributed by atoms with Gasteiger partial charge in [0.1, 0.15) is 17.6 Å². The minimum atomic E-state index is 0.798. The number of benzene rings is 2. The van der Waals surface area contributed by atoms with Crippen molar-refractivity contribution in [2.75, 3.05) is 12.4 Å². The number of rotatable bonds is 3. The molecule has 0 atom stereocenters. The third-order valence-corrected chi connectivity index (χ3v) is 3.88. The van der Waals surface area contributed by atoms with Crippen LogP contribution in [0.25, 0.3) is 21.9 Å². The number of nitrogens with zero attached hydrogens (tertiary/aromatic N) is 2. The van der Waals surface area contributed by atoms with Crippen LogP contribution >= 0.6 is 0 Å². The number of aromatic nitrogens is 3. The van der Waals surface area contributed by atoms with E-state index in [1.54, 1.807) is 13.4 Å². The van der Waals surface area contributed by atoms with Crippen LogP contribution in [0.4, 0.5) is 11.4 Å². The lowest BCUT2D eigenvalue weighted by molar-refractivity contribution is 0.417. The smallest absolute Gasteiger partial charge is 0.142 e. The first kappa shape index (κ1) is 13.6. The zero-order chi connectivity index (χ0) is 15.8. The lowest BCUT2D eigenvalue weighted by Gasteiger charge is -2.14. The average Bonchev–Trinajstić information content (AvgIpc) is 3.03. The lowest BCUT2D eigenvalue weighted by atomic mass is 10.1. The summed E-state index contributed by atoms with van der Waals surface area (Å²) < 4.78 is 5.43. The van der Waals surface area contributed by atoms with Gasteiger partial charge in [-0.3, -0.25) is 0 Å². The van der Waals surface area contributed by atoms with E-state index < -0.39 is 0 Å². The third-order valence-electron chi connectivity index (χ3n) is 3.88. The van der Waals surface area contributed by atoms with E-state index in [4.69, 9.17) is 4.74 Å². The summed E-state index contributed by atoms with van der Waals surface area (Å²) in [6, 6.07) is 13.9. The van der Waals surface area contributed by atoms with Crippen molar-refractivity contribution in [1.82, 2.24) is 15.0 Å². The minimum Gasteiger partial charge on any atom is -0.495 e. The molecule has 0 bridgehead atoms. The number of imidazole rings is 1. The molecule has 0 unspecified atom stereocenters. The molecular weight excluding hydrogens is 288 g/mol. The van der Waals surface area contributed by atoms with E-state index in [9.17, 15) is 0 Å². The van der Waals surface area contributed by atoms with Crippen LogP contribution in [0.1, 0.15) is 5.69 Å². The maximum Gasteiger partial charge on any atom is 0.142 e. The summed E-state index contributed by atoms with van der Waals surface area (Å²) in [7, 11) is 1.67. The monoisotopic (exact) mass is 304 g/mol. The van der Waals surface area contributed by atoms with Crippen LogP contribution in [-0.4, -0.2) is 22.1 Å². The molecule has 2 heterocycles. The van der Waals surface area contributed by atoms with E-state index in [-0.39, 0.29) is 0 Å². The van der Waals surface area contributed by atoms with Crippen molar-refractivity contribution in [2.24, 2.45) is 0 Å². The van der Waals surface area contributed by atoms with Gasteiger partial charge in [-0.15, -0.1) is 0 Å². The SMILES string of the molecule is COc1ccccc1Nc1cc(C)[nH]c2ccc3ncnc3c12. The second kappa shape index (κ2) is 5.28. The molecule has 5 nitrogen and oxygen atoms in total. The summed E-state index contributed by atoms with van der Waals surface area (Å²) in [5, 5.41) is 4.50. The highest BCUT2D eigenvalue weighted by atomic mass is 16.5. The van der Waals surface area contributed by atoms with Crippen molar-refractivity contribution < 1.29 is 4.74 Å². The number of fused-ring (bicyclic) bond motifs is 3. The largest absolute Gasteiger partial charge is 0.495 e. The molecule has 114 valence electrons. The molecule has 0 saturated carbocycles. The molecule has 0 radical (unpaired) electrons. The summed E-state index contributed by atoms with van der Waals surface area (Å²) in [6.45, 7) is 2.04. The Balaban J connectivity index is 1.96. The van der Waals surface area contributed by atoms with E-state index in [0.29, 0.717) is 0 Å². The Hall–Kier alpha value is -3.08. The van der Waals surface area contributed by atoms with E-state index in [1.807, 2.05) is 43.3 Å². The summed E-state index contributed by atoms with van der Waals surface area (Å²) >= 11 is 0. The average molecular weight is 304 g/mol. The fraction of sp³-hybridized carbons (Fsp3) is 0.111. The molecule has 0 aliphatic carbocycles. The number of nitrogens with one attached hydrogen (secondary N) is 2. The van der Waals surface area contributed by atoms with Gasteiger partial charge in [0.15, 0.2) is 0 Å². The predicted octanol–water partition coefficient (Wildman–Crippen LogP) is 4.17. The van der Waals surface area contributed by atoms with Gasteiger partial charge < -0.3 is 15.0 Å². The number of H-pyrrole nitrogens is 1. The molecule has 2 aromatic heterocycles. The van der Waals surface area contributed by atoms with Crippen LogP contribution in [0.2, 0.25) is 0 Å². The highest BCUT2D eigenvalue weighted by molar-refractivity contribution is 6.10. The number of anilines is 2. The van der Waals surface area contributed by atoms with Crippen LogP contribution in [0.15, 0.2) is 48.8 Å². The molecule has 5 heteroatoms. The number of aromatic amines is 1. The normalized spacial score (nSPS) is 11.0. The Labute approximate surface area is 133 Å². The van der Waals surface area contributed by atoms with Crippen LogP contribution in [0.3, 0.4) is 0 Å². The van der Waals surface area contributed by atoms with Gasteiger partial charge in [-0.25, -0.2) is 9.97 Å². The second-order valence-corrected chi connectivity index (χ2v) is 5.42. The molecular formula is C18H16N4O. The molecule has 0 aliphatic heterocycles. The zero-order valence-corrected chi connectivity index (χ0v) is 12.9. The molecule has 2 N–H and O–H groups in total. The zero-order valence-electron chi connectivity index (χ0n) is 12.9. The van der Waals surface area contributed by atoms with E-state index in [1.165, 1.54) is 0 Å².